The molecule has 0 saturated heterocycles. The van der Waals surface area contributed by atoms with Crippen molar-refractivity contribution < 1.29 is 40.6 Å². The minimum absolute atomic E-state index is 0.0652. The Morgan fingerprint density at radius 2 is 1.82 bits per heavy atom. The number of rotatable bonds is 8. The van der Waals surface area contributed by atoms with E-state index in [-0.39, 0.29) is 35.7 Å². The molecule has 264 valence electrons. The lowest BCUT2D eigenvalue weighted by Crippen LogP contribution is -2.24. The molecule has 1 saturated carbocycles. The summed E-state index contributed by atoms with van der Waals surface area (Å²) in [6, 6.07) is 9.26. The molecular weight excluding hydrogens is 683 g/mol. The zero-order valence-electron chi connectivity index (χ0n) is 26.9. The number of benzene rings is 1. The fraction of sp³-hybridized carbons (Fsp3) is 0.343. The molecule has 0 aliphatic heterocycles. The Kier molecular flexibility index (Phi) is 7.97. The van der Waals surface area contributed by atoms with Crippen molar-refractivity contribution in [2.45, 2.75) is 69.2 Å². The summed E-state index contributed by atoms with van der Waals surface area (Å²) in [4.78, 5) is 18.5. The molecule has 4 heterocycles. The number of nitrogens with zero attached hydrogens (tertiary/aromatic N) is 6. The average molecular weight is 712 g/mol. The molecule has 4 aromatic heterocycles. The molecule has 3 atom stereocenters. The number of carbonyl (C=O) groups excluding carboxylic acids is 1. The first-order chi connectivity index (χ1) is 23.9. The number of aromatic nitrogens is 6. The summed E-state index contributed by atoms with van der Waals surface area (Å²) < 4.78 is 103. The van der Waals surface area contributed by atoms with E-state index < -0.39 is 82.8 Å². The van der Waals surface area contributed by atoms with E-state index in [4.69, 9.17) is 5.73 Å². The van der Waals surface area contributed by atoms with Crippen LogP contribution >= 0.6 is 0 Å². The molecule has 16 heteroatoms. The van der Waals surface area contributed by atoms with E-state index in [1.807, 2.05) is 0 Å². The van der Waals surface area contributed by atoms with Crippen molar-refractivity contribution in [3.63, 3.8) is 0 Å². The van der Waals surface area contributed by atoms with Crippen molar-refractivity contribution in [1.82, 2.24) is 29.4 Å². The van der Waals surface area contributed by atoms with Crippen molar-refractivity contribution in [2.75, 3.05) is 5.73 Å². The molecule has 2 aliphatic rings. The maximum atomic E-state index is 15.3. The maximum Gasteiger partial charge on any atom is 0.435 e. The van der Waals surface area contributed by atoms with Gasteiger partial charge in [0, 0.05) is 47.2 Å². The summed E-state index contributed by atoms with van der Waals surface area (Å²) in [6.07, 6.45) is -4.23. The summed E-state index contributed by atoms with van der Waals surface area (Å²) >= 11 is 0. The van der Waals surface area contributed by atoms with Crippen molar-refractivity contribution in [3.05, 3.63) is 94.2 Å². The van der Waals surface area contributed by atoms with Crippen LogP contribution in [0, 0.1) is 29.4 Å². The molecule has 2 aliphatic carbocycles. The summed E-state index contributed by atoms with van der Waals surface area (Å²) in [6.45, 7) is 1.99. The first kappa shape index (κ1) is 34.2. The number of fused-ring (bicyclic) bond motifs is 4. The van der Waals surface area contributed by atoms with Gasteiger partial charge < -0.3 is 10.8 Å². The normalized spacial score (nSPS) is 18.2. The first-order valence-electron chi connectivity index (χ1n) is 15.8. The van der Waals surface area contributed by atoms with Crippen LogP contribution in [0.25, 0.3) is 16.8 Å². The lowest BCUT2D eigenvalue weighted by molar-refractivity contribution is -0.142. The smallest absolute Gasteiger partial charge is 0.378 e. The molecule has 0 bridgehead atoms. The van der Waals surface area contributed by atoms with Gasteiger partial charge in [0.2, 0.25) is 5.95 Å². The van der Waals surface area contributed by atoms with Crippen LogP contribution in [0.4, 0.5) is 36.7 Å². The van der Waals surface area contributed by atoms with Crippen molar-refractivity contribution >= 4 is 17.4 Å². The number of nitrogen functional groups attached to an aromatic ring is 1. The van der Waals surface area contributed by atoms with E-state index in [1.54, 1.807) is 30.5 Å². The standard InChI is InChI=1S/C35H28F7N7O2/c1-33(2,51)8-7-22-4-5-24(18-3-6-27-45-46-32(43)48(27)15-18)29(44-22)19(9-17-10-20(36)13-21(37)11-17)12-23(50)16-49-31-28(30(47-49)35(40,41)42)25-14-26(25)34(31,38)39/h3-6,10-11,13,15,19,25-26,51H,9,12,14,16H2,1-2H3,(H2,43,46)/t19-,25+,26-/m1/s1. The number of halogens is 7. The van der Waals surface area contributed by atoms with Gasteiger partial charge in [-0.15, -0.1) is 10.2 Å². The summed E-state index contributed by atoms with van der Waals surface area (Å²) in [7, 11) is 0. The molecule has 1 fully saturated rings. The minimum Gasteiger partial charge on any atom is -0.378 e. The van der Waals surface area contributed by atoms with Crippen LogP contribution in [0.1, 0.15) is 72.4 Å². The zero-order chi connectivity index (χ0) is 36.6. The summed E-state index contributed by atoms with van der Waals surface area (Å²) in [5.74, 6) is -4.02. The third-order valence-electron chi connectivity index (χ3n) is 8.95. The van der Waals surface area contributed by atoms with Gasteiger partial charge in [0.1, 0.15) is 35.2 Å². The number of anilines is 1. The first-order valence-corrected chi connectivity index (χ1v) is 15.8. The third kappa shape index (κ3) is 6.53. The maximum absolute atomic E-state index is 15.3. The Hall–Kier alpha value is -5.30. The highest BCUT2D eigenvalue weighted by Gasteiger charge is 2.68. The molecule has 3 N–H and O–H groups in total. The van der Waals surface area contributed by atoms with Crippen LogP contribution in [0.15, 0.2) is 48.7 Å². The Balaban J connectivity index is 1.33. The van der Waals surface area contributed by atoms with Crippen molar-refractivity contribution in [1.29, 1.82) is 0 Å². The predicted octanol–water partition coefficient (Wildman–Crippen LogP) is 6.18. The minimum atomic E-state index is -5.02. The highest BCUT2D eigenvalue weighted by Crippen LogP contribution is 2.68. The van der Waals surface area contributed by atoms with Crippen LogP contribution in [-0.2, 0) is 29.9 Å². The van der Waals surface area contributed by atoms with Crippen LogP contribution in [0.2, 0.25) is 0 Å². The average Bonchev–Trinajstić information content (AvgIpc) is 3.54. The number of hydrogen-bond donors (Lipinski definition) is 2. The van der Waals surface area contributed by atoms with Gasteiger partial charge in [0.15, 0.2) is 17.1 Å². The SMILES string of the molecule is CC(C)(O)C#Cc1ccc(-c2ccc3nnc(N)n3c2)c([C@@H](CC(=O)Cn2nc(C(F)(F)F)c3c2C(F)(F)[C@@H]2C[C@H]32)Cc2cc(F)cc(F)c2)n1. The number of carbonyl (C=O) groups is 1. The lowest BCUT2D eigenvalue weighted by atomic mass is 9.86. The fourth-order valence-electron chi connectivity index (χ4n) is 6.76. The highest BCUT2D eigenvalue weighted by molar-refractivity contribution is 5.80. The molecule has 0 radical (unpaired) electrons. The molecule has 7 rings (SSSR count). The van der Waals surface area contributed by atoms with E-state index in [1.165, 1.54) is 18.2 Å². The molecule has 1 aromatic carbocycles. The summed E-state index contributed by atoms with van der Waals surface area (Å²) in [5, 5.41) is 21.5. The van der Waals surface area contributed by atoms with Crippen LogP contribution in [0.3, 0.4) is 0 Å². The topological polar surface area (TPSA) is 124 Å². The van der Waals surface area contributed by atoms with Crippen LogP contribution in [0.5, 0.6) is 0 Å². The number of Topliss-reactive ketones (excluding diaryl/α,β-unsaturated/α-hetero) is 1. The quantitative estimate of drug-likeness (QED) is 0.146. The molecule has 0 spiro atoms. The highest BCUT2D eigenvalue weighted by atomic mass is 19.4. The number of alkyl halides is 5. The third-order valence-corrected chi connectivity index (χ3v) is 8.95. The van der Waals surface area contributed by atoms with Gasteiger partial charge in [0.05, 0.1) is 5.69 Å². The van der Waals surface area contributed by atoms with E-state index in [2.05, 4.69) is 32.1 Å². The fourth-order valence-corrected chi connectivity index (χ4v) is 6.76. The van der Waals surface area contributed by atoms with E-state index >= 15 is 8.78 Å². The van der Waals surface area contributed by atoms with Gasteiger partial charge in [-0.05, 0) is 80.5 Å². The van der Waals surface area contributed by atoms with E-state index in [0.29, 0.717) is 27.5 Å². The Morgan fingerprint density at radius 1 is 1.10 bits per heavy atom. The second-order valence-corrected chi connectivity index (χ2v) is 13.4. The number of pyridine rings is 2. The largest absolute Gasteiger partial charge is 0.435 e. The van der Waals surface area contributed by atoms with Gasteiger partial charge >= 0.3 is 6.18 Å². The molecule has 51 heavy (non-hydrogen) atoms. The number of hydrogen-bond acceptors (Lipinski definition) is 7. The molecule has 0 amide bonds. The molecule has 9 nitrogen and oxygen atoms in total. The van der Waals surface area contributed by atoms with Crippen molar-refractivity contribution in [3.8, 4) is 23.0 Å². The monoisotopic (exact) mass is 711 g/mol. The van der Waals surface area contributed by atoms with Crippen LogP contribution in [-0.4, -0.2) is 45.9 Å². The predicted molar refractivity (Wildman–Crippen MR) is 168 cm³/mol. The van der Waals surface area contributed by atoms with Gasteiger partial charge in [0.25, 0.3) is 5.92 Å². The summed E-state index contributed by atoms with van der Waals surface area (Å²) in [5.41, 5.74) is 3.43. The van der Waals surface area contributed by atoms with Gasteiger partial charge in [-0.3, -0.25) is 13.9 Å². The number of ketones is 1. The Labute approximate surface area is 285 Å². The van der Waals surface area contributed by atoms with E-state index in [9.17, 15) is 31.9 Å². The molecule has 5 aromatic rings. The van der Waals surface area contributed by atoms with Crippen LogP contribution < -0.4 is 5.73 Å². The van der Waals surface area contributed by atoms with Gasteiger partial charge in [-0.25, -0.2) is 13.8 Å². The molecular formula is C35H28F7N7O2. The second kappa shape index (κ2) is 11.9. The molecule has 0 unspecified atom stereocenters. The lowest BCUT2D eigenvalue weighted by Gasteiger charge is -2.21. The van der Waals surface area contributed by atoms with Gasteiger partial charge in [-0.2, -0.15) is 27.1 Å². The number of aliphatic hydroxyl groups is 1. The van der Waals surface area contributed by atoms with Gasteiger partial charge in [-0.1, -0.05) is 5.92 Å². The van der Waals surface area contributed by atoms with E-state index in [0.717, 1.165) is 12.1 Å². The Morgan fingerprint density at radius 3 is 2.51 bits per heavy atom. The Bertz CT molecular complexity index is 2260. The number of nitrogens with two attached hydrogens (primary N) is 1. The zero-order valence-corrected chi connectivity index (χ0v) is 26.9. The van der Waals surface area contributed by atoms with Crippen molar-refractivity contribution in [2.24, 2.45) is 5.92 Å². The second-order valence-electron chi connectivity index (χ2n) is 13.4.